The molecule has 0 spiro atoms. The van der Waals surface area contributed by atoms with Crippen molar-refractivity contribution in [2.75, 3.05) is 0 Å². The highest BCUT2D eigenvalue weighted by molar-refractivity contribution is 9.10. The van der Waals surface area contributed by atoms with Gasteiger partial charge >= 0.3 is 5.97 Å². The lowest BCUT2D eigenvalue weighted by molar-refractivity contribution is -0.162. The average Bonchev–Trinajstić information content (AvgIpc) is 2.40. The minimum absolute atomic E-state index is 0.154. The summed E-state index contributed by atoms with van der Waals surface area (Å²) >= 11 is 3.27. The molecule has 0 bridgehead atoms. The maximum atomic E-state index is 12.2. The first-order valence-electron chi connectivity index (χ1n) is 7.28. The molecule has 1 radical (unpaired) electrons. The van der Waals surface area contributed by atoms with Crippen LogP contribution in [0.3, 0.4) is 0 Å². The smallest absolute Gasteiger partial charge is 0.319 e. The molecule has 0 aliphatic heterocycles. The largest absolute Gasteiger partial charge is 0.459 e. The van der Waals surface area contributed by atoms with Gasteiger partial charge in [0.1, 0.15) is 16.1 Å². The monoisotopic (exact) mass is 369 g/mol. The van der Waals surface area contributed by atoms with Crippen molar-refractivity contribution in [2.45, 2.75) is 52.7 Å². The third-order valence-corrected chi connectivity index (χ3v) is 3.18. The van der Waals surface area contributed by atoms with Gasteiger partial charge in [-0.25, -0.2) is 10.3 Å². The highest BCUT2D eigenvalue weighted by atomic mass is 79.9. The number of hydrogen-bond acceptors (Lipinski definition) is 4. The van der Waals surface area contributed by atoms with Crippen LogP contribution in [0.15, 0.2) is 22.8 Å². The number of amides is 1. The molecule has 0 saturated carbocycles. The minimum Gasteiger partial charge on any atom is -0.459 e. The lowest BCUT2D eigenvalue weighted by Gasteiger charge is -2.23. The summed E-state index contributed by atoms with van der Waals surface area (Å²) in [5.41, 5.74) is 0.0528. The fourth-order valence-corrected chi connectivity index (χ4v) is 2.19. The van der Waals surface area contributed by atoms with Gasteiger partial charge in [-0.3, -0.25) is 9.59 Å². The number of nitrogens with zero attached hydrogens (tertiary/aromatic N) is 2. The zero-order valence-corrected chi connectivity index (χ0v) is 15.0. The van der Waals surface area contributed by atoms with Gasteiger partial charge in [-0.1, -0.05) is 19.4 Å². The van der Waals surface area contributed by atoms with Crippen LogP contribution in [-0.4, -0.2) is 22.5 Å². The normalized spacial score (nSPS) is 12.6. The van der Waals surface area contributed by atoms with Crippen molar-refractivity contribution in [3.63, 3.8) is 0 Å². The number of rotatable bonds is 6. The average molecular weight is 370 g/mol. The number of esters is 1. The molecular formula is C16H22BrN2O3. The van der Waals surface area contributed by atoms with Crippen molar-refractivity contribution in [3.05, 3.63) is 28.5 Å². The van der Waals surface area contributed by atoms with Crippen LogP contribution in [0.2, 0.25) is 0 Å². The van der Waals surface area contributed by atoms with Crippen molar-refractivity contribution in [1.29, 1.82) is 0 Å². The molecule has 0 N–H and O–H groups in total. The second-order valence-corrected chi connectivity index (χ2v) is 6.79. The van der Waals surface area contributed by atoms with E-state index < -0.39 is 23.4 Å². The molecule has 22 heavy (non-hydrogen) atoms. The second-order valence-electron chi connectivity index (χ2n) is 5.98. The molecule has 6 heteroatoms. The maximum Gasteiger partial charge on any atom is 0.319 e. The summed E-state index contributed by atoms with van der Waals surface area (Å²) in [4.78, 5) is 28.6. The number of aromatic nitrogens is 1. The Bertz CT molecular complexity index is 526. The van der Waals surface area contributed by atoms with E-state index in [4.69, 9.17) is 4.74 Å². The van der Waals surface area contributed by atoms with Gasteiger partial charge in [0.25, 0.3) is 5.91 Å². The highest BCUT2D eigenvalue weighted by Crippen LogP contribution is 2.16. The summed E-state index contributed by atoms with van der Waals surface area (Å²) in [5, 5.41) is 3.98. The Hall–Kier alpha value is -1.43. The molecule has 1 heterocycles. The Kier molecular flexibility index (Phi) is 7.00. The van der Waals surface area contributed by atoms with Gasteiger partial charge in [0.15, 0.2) is 0 Å². The van der Waals surface area contributed by atoms with E-state index in [2.05, 4.69) is 26.2 Å². The van der Waals surface area contributed by atoms with E-state index >= 15 is 0 Å². The molecular weight excluding hydrogens is 348 g/mol. The lowest BCUT2D eigenvalue weighted by atomic mass is 10.0. The molecule has 0 aliphatic carbocycles. The number of ether oxygens (including phenoxy) is 1. The van der Waals surface area contributed by atoms with Crippen LogP contribution in [0.1, 0.15) is 46.2 Å². The first-order valence-corrected chi connectivity index (χ1v) is 8.08. The number of carbonyl (C=O) groups is 2. The summed E-state index contributed by atoms with van der Waals surface area (Å²) in [6.45, 7) is 7.41. The van der Waals surface area contributed by atoms with Crippen LogP contribution in [0.5, 0.6) is 0 Å². The SMILES string of the molecule is CCCC(C(=O)[N]Cc1cccc(Br)n1)C(=O)OC(C)(C)C. The fraction of sp³-hybridized carbons (Fsp3) is 0.562. The number of halogens is 1. The van der Waals surface area contributed by atoms with Gasteiger partial charge in [0.2, 0.25) is 0 Å². The Morgan fingerprint density at radius 2 is 2.05 bits per heavy atom. The zero-order valence-electron chi connectivity index (χ0n) is 13.4. The van der Waals surface area contributed by atoms with Crippen molar-refractivity contribution in [1.82, 2.24) is 10.3 Å². The molecule has 1 rings (SSSR count). The van der Waals surface area contributed by atoms with Crippen LogP contribution in [0.4, 0.5) is 0 Å². The quantitative estimate of drug-likeness (QED) is 0.438. The van der Waals surface area contributed by atoms with Crippen molar-refractivity contribution >= 4 is 27.8 Å². The maximum absolute atomic E-state index is 12.2. The van der Waals surface area contributed by atoms with Gasteiger partial charge in [0.05, 0.1) is 12.2 Å². The van der Waals surface area contributed by atoms with E-state index in [1.807, 2.05) is 13.0 Å². The first-order chi connectivity index (χ1) is 10.2. The molecule has 0 saturated heterocycles. The minimum atomic E-state index is -0.837. The number of carbonyl (C=O) groups excluding carboxylic acids is 2. The Morgan fingerprint density at radius 3 is 2.59 bits per heavy atom. The first kappa shape index (κ1) is 18.6. The topological polar surface area (TPSA) is 70.4 Å². The van der Waals surface area contributed by atoms with Crippen LogP contribution in [0.25, 0.3) is 0 Å². The van der Waals surface area contributed by atoms with Gasteiger partial charge in [0, 0.05) is 0 Å². The van der Waals surface area contributed by atoms with E-state index in [1.54, 1.807) is 32.9 Å². The molecule has 1 unspecified atom stereocenters. The van der Waals surface area contributed by atoms with E-state index in [-0.39, 0.29) is 6.54 Å². The van der Waals surface area contributed by atoms with Crippen LogP contribution < -0.4 is 5.32 Å². The molecule has 1 atom stereocenters. The van der Waals surface area contributed by atoms with E-state index in [0.29, 0.717) is 23.1 Å². The summed E-state index contributed by atoms with van der Waals surface area (Å²) in [6, 6.07) is 5.40. The van der Waals surface area contributed by atoms with Crippen molar-refractivity contribution < 1.29 is 14.3 Å². The molecule has 121 valence electrons. The van der Waals surface area contributed by atoms with Crippen molar-refractivity contribution in [2.24, 2.45) is 5.92 Å². The molecule has 1 aromatic rings. The van der Waals surface area contributed by atoms with Crippen LogP contribution in [0, 0.1) is 5.92 Å². The van der Waals surface area contributed by atoms with E-state index in [9.17, 15) is 9.59 Å². The van der Waals surface area contributed by atoms with Gasteiger partial charge in [-0.2, -0.15) is 0 Å². The van der Waals surface area contributed by atoms with Crippen LogP contribution in [-0.2, 0) is 20.9 Å². The highest BCUT2D eigenvalue weighted by Gasteiger charge is 2.31. The molecule has 1 amide bonds. The van der Waals surface area contributed by atoms with Gasteiger partial charge in [-0.05, 0) is 55.3 Å². The summed E-state index contributed by atoms with van der Waals surface area (Å²) in [5.74, 6) is -1.79. The zero-order chi connectivity index (χ0) is 16.8. The number of pyridine rings is 1. The van der Waals surface area contributed by atoms with E-state index in [0.717, 1.165) is 0 Å². The Morgan fingerprint density at radius 1 is 1.36 bits per heavy atom. The molecule has 0 aromatic carbocycles. The standard InChI is InChI=1S/C16H22BrN2O3/c1-5-7-12(15(21)22-16(2,3)4)14(20)18-10-11-8-6-9-13(17)19-11/h6,8-9,12H,5,7,10H2,1-4H3. The van der Waals surface area contributed by atoms with Gasteiger partial charge in [-0.15, -0.1) is 0 Å². The van der Waals surface area contributed by atoms with E-state index in [1.165, 1.54) is 0 Å². The summed E-state index contributed by atoms with van der Waals surface area (Å²) in [7, 11) is 0. The summed E-state index contributed by atoms with van der Waals surface area (Å²) < 4.78 is 5.99. The Labute approximate surface area is 140 Å². The third kappa shape index (κ3) is 6.56. The Balaban J connectivity index is 2.67. The molecule has 5 nitrogen and oxygen atoms in total. The summed E-state index contributed by atoms with van der Waals surface area (Å²) in [6.07, 6.45) is 1.14. The third-order valence-electron chi connectivity index (χ3n) is 2.74. The predicted molar refractivity (Wildman–Crippen MR) is 87.0 cm³/mol. The number of hydrogen-bond donors (Lipinski definition) is 0. The van der Waals surface area contributed by atoms with Gasteiger partial charge < -0.3 is 4.74 Å². The van der Waals surface area contributed by atoms with Crippen LogP contribution >= 0.6 is 15.9 Å². The second kappa shape index (κ2) is 8.27. The fourth-order valence-electron chi connectivity index (χ4n) is 1.81. The molecule has 0 fully saturated rings. The molecule has 0 aliphatic rings. The van der Waals surface area contributed by atoms with Crippen molar-refractivity contribution in [3.8, 4) is 0 Å². The predicted octanol–water partition coefficient (Wildman–Crippen LogP) is 3.23. The molecule has 1 aromatic heterocycles. The lowest BCUT2D eigenvalue weighted by Crippen LogP contribution is -2.36.